The summed E-state index contributed by atoms with van der Waals surface area (Å²) in [5.74, 6) is 1.68. The van der Waals surface area contributed by atoms with Crippen LogP contribution in [-0.4, -0.2) is 31.6 Å². The number of thiophene rings is 1. The van der Waals surface area contributed by atoms with Crippen LogP contribution in [0.15, 0.2) is 35.7 Å². The van der Waals surface area contributed by atoms with E-state index in [9.17, 15) is 4.79 Å². The topological polar surface area (TPSA) is 38.8 Å². The van der Waals surface area contributed by atoms with Crippen molar-refractivity contribution in [3.05, 3.63) is 46.2 Å². The number of rotatable bonds is 10. The molecule has 0 saturated carbocycles. The molecule has 2 aromatic rings. The third kappa shape index (κ3) is 5.78. The first-order chi connectivity index (χ1) is 12.2. The van der Waals surface area contributed by atoms with Gasteiger partial charge in [0.05, 0.1) is 20.8 Å². The number of hydrogen-bond donors (Lipinski definition) is 0. The Morgan fingerprint density at radius 2 is 1.96 bits per heavy atom. The molecule has 0 aliphatic heterocycles. The molecule has 4 nitrogen and oxygen atoms in total. The van der Waals surface area contributed by atoms with E-state index in [4.69, 9.17) is 9.47 Å². The van der Waals surface area contributed by atoms with E-state index < -0.39 is 0 Å². The molecule has 25 heavy (non-hydrogen) atoms. The first kappa shape index (κ1) is 19.3. The second kappa shape index (κ2) is 10.1. The maximum atomic E-state index is 12.6. The summed E-state index contributed by atoms with van der Waals surface area (Å²) in [6.07, 6.45) is 3.39. The van der Waals surface area contributed by atoms with Gasteiger partial charge in [0.1, 0.15) is 0 Å². The number of ether oxygens (including phenoxy) is 2. The predicted molar refractivity (Wildman–Crippen MR) is 103 cm³/mol. The lowest BCUT2D eigenvalue weighted by Crippen LogP contribution is -2.32. The molecule has 1 heterocycles. The molecular weight excluding hydrogens is 334 g/mol. The van der Waals surface area contributed by atoms with E-state index in [0.717, 1.165) is 36.3 Å². The van der Waals surface area contributed by atoms with Crippen LogP contribution in [0.25, 0.3) is 0 Å². The highest BCUT2D eigenvalue weighted by Gasteiger charge is 2.15. The molecule has 5 heteroatoms. The van der Waals surface area contributed by atoms with Crippen molar-refractivity contribution in [2.24, 2.45) is 0 Å². The largest absolute Gasteiger partial charge is 0.493 e. The molecule has 1 aromatic carbocycles. The molecule has 0 atom stereocenters. The maximum absolute atomic E-state index is 12.6. The van der Waals surface area contributed by atoms with E-state index in [1.807, 2.05) is 29.2 Å². The van der Waals surface area contributed by atoms with Crippen LogP contribution < -0.4 is 9.47 Å². The van der Waals surface area contributed by atoms with E-state index in [1.165, 1.54) is 4.88 Å². The molecule has 0 radical (unpaired) electrons. The molecular formula is C20H27NO3S. The van der Waals surface area contributed by atoms with Gasteiger partial charge in [-0.3, -0.25) is 4.79 Å². The lowest BCUT2D eigenvalue weighted by molar-refractivity contribution is -0.131. The van der Waals surface area contributed by atoms with Gasteiger partial charge in [0.25, 0.3) is 0 Å². The quantitative estimate of drug-likeness (QED) is 0.624. The fourth-order valence-corrected chi connectivity index (χ4v) is 3.39. The van der Waals surface area contributed by atoms with Crippen LogP contribution in [0.1, 0.15) is 36.6 Å². The van der Waals surface area contributed by atoms with Gasteiger partial charge >= 0.3 is 0 Å². The van der Waals surface area contributed by atoms with Crippen molar-refractivity contribution in [3.63, 3.8) is 0 Å². The van der Waals surface area contributed by atoms with Gasteiger partial charge in [-0.05, 0) is 42.0 Å². The van der Waals surface area contributed by atoms with Crippen molar-refractivity contribution < 1.29 is 14.3 Å². The predicted octanol–water partition coefficient (Wildman–Crippen LogP) is 4.53. The molecule has 2 rings (SSSR count). The molecule has 1 amide bonds. The lowest BCUT2D eigenvalue weighted by Gasteiger charge is -2.22. The summed E-state index contributed by atoms with van der Waals surface area (Å²) < 4.78 is 10.6. The van der Waals surface area contributed by atoms with Crippen LogP contribution in [0.5, 0.6) is 11.5 Å². The minimum Gasteiger partial charge on any atom is -0.493 e. The average Bonchev–Trinajstić information content (AvgIpc) is 3.15. The molecule has 1 aromatic heterocycles. The number of amides is 1. The molecule has 0 N–H and O–H groups in total. The van der Waals surface area contributed by atoms with Crippen LogP contribution in [0.3, 0.4) is 0 Å². The highest BCUT2D eigenvalue weighted by Crippen LogP contribution is 2.28. The zero-order chi connectivity index (χ0) is 18.1. The number of methoxy groups -OCH3 is 2. The summed E-state index contributed by atoms with van der Waals surface area (Å²) in [6, 6.07) is 10.0. The van der Waals surface area contributed by atoms with Crippen molar-refractivity contribution in [1.29, 1.82) is 0 Å². The Morgan fingerprint density at radius 1 is 1.16 bits per heavy atom. The Hall–Kier alpha value is -2.01. The molecule has 0 spiro atoms. The Bertz CT molecular complexity index is 655. The number of carbonyl (C=O) groups is 1. The second-order valence-electron chi connectivity index (χ2n) is 5.94. The van der Waals surface area contributed by atoms with Crippen molar-refractivity contribution in [2.75, 3.05) is 20.8 Å². The second-order valence-corrected chi connectivity index (χ2v) is 6.97. The van der Waals surface area contributed by atoms with Gasteiger partial charge in [-0.15, -0.1) is 11.3 Å². The molecule has 0 aliphatic carbocycles. The normalized spacial score (nSPS) is 10.5. The molecule has 0 aliphatic rings. The van der Waals surface area contributed by atoms with Gasteiger partial charge in [0, 0.05) is 17.8 Å². The maximum Gasteiger partial charge on any atom is 0.222 e. The minimum absolute atomic E-state index is 0.232. The van der Waals surface area contributed by atoms with Crippen LogP contribution in [0.4, 0.5) is 0 Å². The van der Waals surface area contributed by atoms with Crippen LogP contribution >= 0.6 is 11.3 Å². The smallest absolute Gasteiger partial charge is 0.222 e. The average molecular weight is 362 g/mol. The van der Waals surface area contributed by atoms with Crippen LogP contribution in [0.2, 0.25) is 0 Å². The SMILES string of the molecule is CCCCC(=O)N(CCc1ccc(OC)c(OC)c1)Cc1cccs1. The molecule has 0 bridgehead atoms. The van der Waals surface area contributed by atoms with Gasteiger partial charge in [-0.25, -0.2) is 0 Å². The fraction of sp³-hybridized carbons (Fsp3) is 0.450. The first-order valence-corrected chi connectivity index (χ1v) is 9.57. The number of unbranched alkanes of at least 4 members (excludes halogenated alkanes) is 1. The zero-order valence-electron chi connectivity index (χ0n) is 15.3. The third-order valence-electron chi connectivity index (χ3n) is 4.14. The van der Waals surface area contributed by atoms with E-state index in [-0.39, 0.29) is 5.91 Å². The van der Waals surface area contributed by atoms with Crippen molar-refractivity contribution >= 4 is 17.2 Å². The highest BCUT2D eigenvalue weighted by atomic mass is 32.1. The Kier molecular flexibility index (Phi) is 7.79. The van der Waals surface area contributed by atoms with Gasteiger partial charge in [-0.2, -0.15) is 0 Å². The highest BCUT2D eigenvalue weighted by molar-refractivity contribution is 7.09. The summed E-state index contributed by atoms with van der Waals surface area (Å²) in [5, 5.41) is 2.05. The summed E-state index contributed by atoms with van der Waals surface area (Å²) in [5.41, 5.74) is 1.14. The Labute approximate surface area is 154 Å². The monoisotopic (exact) mass is 361 g/mol. The zero-order valence-corrected chi connectivity index (χ0v) is 16.1. The summed E-state index contributed by atoms with van der Waals surface area (Å²) in [6.45, 7) is 3.50. The fourth-order valence-electron chi connectivity index (χ4n) is 2.67. The Morgan fingerprint density at radius 3 is 2.60 bits per heavy atom. The molecule has 0 saturated heterocycles. The van der Waals surface area contributed by atoms with E-state index in [0.29, 0.717) is 19.5 Å². The van der Waals surface area contributed by atoms with Gasteiger partial charge in [-0.1, -0.05) is 25.5 Å². The number of nitrogens with zero attached hydrogens (tertiary/aromatic N) is 1. The minimum atomic E-state index is 0.232. The standard InChI is InChI=1S/C20H27NO3S/c1-4-5-8-20(22)21(15-17-7-6-13-25-17)12-11-16-9-10-18(23-2)19(14-16)24-3/h6-7,9-10,13-14H,4-5,8,11-12,15H2,1-3H3. The molecule has 0 unspecified atom stereocenters. The van der Waals surface area contributed by atoms with Gasteiger partial charge < -0.3 is 14.4 Å². The van der Waals surface area contributed by atoms with E-state index >= 15 is 0 Å². The van der Waals surface area contributed by atoms with Crippen LogP contribution in [0, 0.1) is 0 Å². The number of benzene rings is 1. The van der Waals surface area contributed by atoms with E-state index in [2.05, 4.69) is 18.4 Å². The molecule has 0 fully saturated rings. The van der Waals surface area contributed by atoms with Crippen LogP contribution in [-0.2, 0) is 17.8 Å². The summed E-state index contributed by atoms with van der Waals surface area (Å²) >= 11 is 1.69. The summed E-state index contributed by atoms with van der Waals surface area (Å²) in [4.78, 5) is 15.7. The van der Waals surface area contributed by atoms with Gasteiger partial charge in [0.2, 0.25) is 5.91 Å². The molecule has 136 valence electrons. The van der Waals surface area contributed by atoms with Gasteiger partial charge in [0.15, 0.2) is 11.5 Å². The number of hydrogen-bond acceptors (Lipinski definition) is 4. The summed E-state index contributed by atoms with van der Waals surface area (Å²) in [7, 11) is 3.27. The first-order valence-electron chi connectivity index (χ1n) is 8.69. The Balaban J connectivity index is 2.04. The number of carbonyl (C=O) groups excluding carboxylic acids is 1. The van der Waals surface area contributed by atoms with E-state index in [1.54, 1.807) is 25.6 Å². The lowest BCUT2D eigenvalue weighted by atomic mass is 10.1. The van der Waals surface area contributed by atoms with Crippen molar-refractivity contribution in [1.82, 2.24) is 4.90 Å². The van der Waals surface area contributed by atoms with Crippen molar-refractivity contribution in [3.8, 4) is 11.5 Å². The third-order valence-corrected chi connectivity index (χ3v) is 5.00. The van der Waals surface area contributed by atoms with Crippen molar-refractivity contribution in [2.45, 2.75) is 39.2 Å².